The molecule has 1 aromatic carbocycles. The Hall–Kier alpha value is -1.81. The molecule has 0 amide bonds. The van der Waals surface area contributed by atoms with Gasteiger partial charge in [0, 0.05) is 35.5 Å². The Morgan fingerprint density at radius 3 is 2.90 bits per heavy atom. The van der Waals surface area contributed by atoms with Crippen LogP contribution in [0.3, 0.4) is 0 Å². The molecular formula is C17H22N2O2. The van der Waals surface area contributed by atoms with Crippen molar-refractivity contribution >= 4 is 16.6 Å². The molecule has 2 aromatic rings. The maximum Gasteiger partial charge on any atom is 0.134 e. The van der Waals surface area contributed by atoms with E-state index in [4.69, 9.17) is 4.74 Å². The largest absolute Gasteiger partial charge is 0.496 e. The maximum atomic E-state index is 9.55. The number of benzene rings is 1. The summed E-state index contributed by atoms with van der Waals surface area (Å²) >= 11 is 0. The summed E-state index contributed by atoms with van der Waals surface area (Å²) in [6.07, 6.45) is 6.40. The molecule has 0 aliphatic heterocycles. The van der Waals surface area contributed by atoms with Gasteiger partial charge in [-0.15, -0.1) is 0 Å². The van der Waals surface area contributed by atoms with Crippen molar-refractivity contribution in [1.82, 2.24) is 4.98 Å². The highest BCUT2D eigenvalue weighted by Crippen LogP contribution is 2.32. The van der Waals surface area contributed by atoms with E-state index >= 15 is 0 Å². The van der Waals surface area contributed by atoms with E-state index in [-0.39, 0.29) is 6.61 Å². The zero-order chi connectivity index (χ0) is 14.7. The van der Waals surface area contributed by atoms with E-state index in [0.29, 0.717) is 12.0 Å². The smallest absolute Gasteiger partial charge is 0.134 e. The molecule has 0 radical (unpaired) electrons. The van der Waals surface area contributed by atoms with Crippen molar-refractivity contribution < 1.29 is 9.84 Å². The molecule has 1 aliphatic carbocycles. The highest BCUT2D eigenvalue weighted by Gasteiger charge is 2.25. The van der Waals surface area contributed by atoms with Crippen molar-refractivity contribution in [3.05, 3.63) is 30.5 Å². The van der Waals surface area contributed by atoms with Crippen LogP contribution in [0.5, 0.6) is 5.75 Å². The number of hydrogen-bond donors (Lipinski definition) is 2. The third kappa shape index (κ3) is 2.81. The molecule has 2 N–H and O–H groups in total. The monoisotopic (exact) mass is 286 g/mol. The Balaban J connectivity index is 1.93. The van der Waals surface area contributed by atoms with Crippen LogP contribution in [0.15, 0.2) is 30.5 Å². The predicted molar refractivity (Wildman–Crippen MR) is 84.7 cm³/mol. The summed E-state index contributed by atoms with van der Waals surface area (Å²) in [7, 11) is 1.69. The number of aromatic nitrogens is 1. The first-order valence-electron chi connectivity index (χ1n) is 7.62. The van der Waals surface area contributed by atoms with E-state index in [1.165, 1.54) is 12.8 Å². The van der Waals surface area contributed by atoms with Gasteiger partial charge < -0.3 is 15.2 Å². The minimum Gasteiger partial charge on any atom is -0.496 e. The Morgan fingerprint density at radius 1 is 1.24 bits per heavy atom. The molecule has 21 heavy (non-hydrogen) atoms. The van der Waals surface area contributed by atoms with Crippen LogP contribution in [0.4, 0.5) is 5.82 Å². The fraction of sp³-hybridized carbons (Fsp3) is 0.471. The minimum atomic E-state index is 0.242. The molecule has 0 spiro atoms. The molecule has 2 atom stereocenters. The summed E-state index contributed by atoms with van der Waals surface area (Å²) in [6, 6.07) is 8.28. The molecule has 1 saturated carbocycles. The van der Waals surface area contributed by atoms with Crippen LogP contribution >= 0.6 is 0 Å². The number of nitrogens with zero attached hydrogens (tertiary/aromatic N) is 1. The van der Waals surface area contributed by atoms with Crippen molar-refractivity contribution in [2.24, 2.45) is 5.92 Å². The quantitative estimate of drug-likeness (QED) is 0.906. The SMILES string of the molecule is COc1cccc2c(NC3CCCCC3CO)nccc12. The van der Waals surface area contributed by atoms with Gasteiger partial charge in [-0.25, -0.2) is 4.98 Å². The van der Waals surface area contributed by atoms with Crippen molar-refractivity contribution in [3.63, 3.8) is 0 Å². The molecule has 1 aromatic heterocycles. The molecule has 112 valence electrons. The van der Waals surface area contributed by atoms with E-state index in [0.717, 1.165) is 35.2 Å². The second-order valence-electron chi connectivity index (χ2n) is 5.69. The minimum absolute atomic E-state index is 0.242. The van der Waals surface area contributed by atoms with Crippen LogP contribution in [0.25, 0.3) is 10.8 Å². The van der Waals surface area contributed by atoms with Gasteiger partial charge in [0.1, 0.15) is 11.6 Å². The maximum absolute atomic E-state index is 9.55. The topological polar surface area (TPSA) is 54.4 Å². The van der Waals surface area contributed by atoms with Gasteiger partial charge in [-0.1, -0.05) is 25.0 Å². The second-order valence-corrected chi connectivity index (χ2v) is 5.69. The highest BCUT2D eigenvalue weighted by atomic mass is 16.5. The number of aliphatic hydroxyl groups is 1. The van der Waals surface area contributed by atoms with Gasteiger partial charge in [-0.2, -0.15) is 0 Å². The van der Waals surface area contributed by atoms with Crippen LogP contribution in [0, 0.1) is 5.92 Å². The normalized spacial score (nSPS) is 22.2. The Morgan fingerprint density at radius 2 is 2.10 bits per heavy atom. The lowest BCUT2D eigenvalue weighted by Gasteiger charge is -2.31. The third-order valence-electron chi connectivity index (χ3n) is 4.45. The lowest BCUT2D eigenvalue weighted by Crippen LogP contribution is -2.34. The van der Waals surface area contributed by atoms with Crippen molar-refractivity contribution in [2.75, 3.05) is 19.0 Å². The molecule has 0 saturated heterocycles. The van der Waals surface area contributed by atoms with Crippen LogP contribution in [-0.4, -0.2) is 29.8 Å². The van der Waals surface area contributed by atoms with Gasteiger partial charge in [0.25, 0.3) is 0 Å². The summed E-state index contributed by atoms with van der Waals surface area (Å²) in [5.41, 5.74) is 0. The van der Waals surface area contributed by atoms with Gasteiger partial charge in [0.05, 0.1) is 7.11 Å². The molecule has 0 bridgehead atoms. The summed E-state index contributed by atoms with van der Waals surface area (Å²) in [4.78, 5) is 4.50. The van der Waals surface area contributed by atoms with Crippen LogP contribution < -0.4 is 10.1 Å². The molecule has 1 aliphatic rings. The number of fused-ring (bicyclic) bond motifs is 1. The first kappa shape index (κ1) is 14.1. The fourth-order valence-electron chi connectivity index (χ4n) is 3.26. The number of rotatable bonds is 4. The molecule has 4 heteroatoms. The van der Waals surface area contributed by atoms with Crippen molar-refractivity contribution in [1.29, 1.82) is 0 Å². The van der Waals surface area contributed by atoms with E-state index in [1.54, 1.807) is 7.11 Å². The Labute approximate surface area is 125 Å². The first-order valence-corrected chi connectivity index (χ1v) is 7.62. The Kier molecular flexibility index (Phi) is 4.25. The fourth-order valence-corrected chi connectivity index (χ4v) is 3.26. The summed E-state index contributed by atoms with van der Waals surface area (Å²) < 4.78 is 5.42. The molecule has 4 nitrogen and oxygen atoms in total. The van der Waals surface area contributed by atoms with Crippen LogP contribution in [0.1, 0.15) is 25.7 Å². The molecule has 1 heterocycles. The summed E-state index contributed by atoms with van der Waals surface area (Å²) in [6.45, 7) is 0.242. The number of methoxy groups -OCH3 is 1. The highest BCUT2D eigenvalue weighted by molar-refractivity contribution is 5.95. The third-order valence-corrected chi connectivity index (χ3v) is 4.45. The average molecular weight is 286 g/mol. The van der Waals surface area contributed by atoms with Crippen molar-refractivity contribution in [2.45, 2.75) is 31.7 Å². The van der Waals surface area contributed by atoms with Crippen LogP contribution in [0.2, 0.25) is 0 Å². The molecule has 1 fully saturated rings. The zero-order valence-electron chi connectivity index (χ0n) is 12.4. The zero-order valence-corrected chi connectivity index (χ0v) is 12.4. The van der Waals surface area contributed by atoms with E-state index in [1.807, 2.05) is 24.4 Å². The lowest BCUT2D eigenvalue weighted by atomic mass is 9.85. The van der Waals surface area contributed by atoms with Gasteiger partial charge in [0.15, 0.2) is 0 Å². The molecule has 3 rings (SSSR count). The summed E-state index contributed by atoms with van der Waals surface area (Å²) in [5.74, 6) is 2.07. The van der Waals surface area contributed by atoms with Crippen molar-refractivity contribution in [3.8, 4) is 5.75 Å². The predicted octanol–water partition coefficient (Wildman–Crippen LogP) is 3.21. The number of aliphatic hydroxyl groups excluding tert-OH is 1. The molecule has 2 unspecified atom stereocenters. The Bertz CT molecular complexity index is 615. The van der Waals surface area contributed by atoms with Gasteiger partial charge in [-0.3, -0.25) is 0 Å². The standard InChI is InChI=1S/C17H22N2O2/c1-21-16-8-4-6-14-13(16)9-10-18-17(14)19-15-7-3-2-5-12(15)11-20/h4,6,8-10,12,15,20H,2-3,5,7,11H2,1H3,(H,18,19). The lowest BCUT2D eigenvalue weighted by molar-refractivity contribution is 0.178. The van der Waals surface area contributed by atoms with Gasteiger partial charge in [-0.05, 0) is 25.0 Å². The number of nitrogens with one attached hydrogen (secondary N) is 1. The number of hydrogen-bond acceptors (Lipinski definition) is 4. The van der Waals surface area contributed by atoms with Gasteiger partial charge in [0.2, 0.25) is 0 Å². The number of pyridine rings is 1. The average Bonchev–Trinajstić information content (AvgIpc) is 2.55. The summed E-state index contributed by atoms with van der Waals surface area (Å²) in [5, 5.41) is 15.2. The number of ether oxygens (including phenoxy) is 1. The van der Waals surface area contributed by atoms with E-state index in [9.17, 15) is 5.11 Å². The second kappa shape index (κ2) is 6.31. The molecular weight excluding hydrogens is 264 g/mol. The van der Waals surface area contributed by atoms with E-state index in [2.05, 4.69) is 16.4 Å². The van der Waals surface area contributed by atoms with E-state index < -0.39 is 0 Å². The van der Waals surface area contributed by atoms with Gasteiger partial charge >= 0.3 is 0 Å². The first-order chi connectivity index (χ1) is 10.3. The van der Waals surface area contributed by atoms with Crippen LogP contribution in [-0.2, 0) is 0 Å². The number of anilines is 1.